The average Bonchev–Trinajstić information content (AvgIpc) is 3.03. The number of benzene rings is 2. The minimum Gasteiger partial charge on any atom is -0.491 e. The molecule has 1 aliphatic heterocycles. The Balaban J connectivity index is 1.68. The average molecular weight is 425 g/mol. The van der Waals surface area contributed by atoms with Crippen molar-refractivity contribution in [2.24, 2.45) is 11.1 Å². The number of nitrogens with two attached hydrogens (primary N) is 1. The smallest absolute Gasteiger partial charge is 0.321 e. The van der Waals surface area contributed by atoms with Gasteiger partial charge in [0.2, 0.25) is 5.91 Å². The van der Waals surface area contributed by atoms with Crippen LogP contribution in [0.2, 0.25) is 0 Å². The molecule has 3 rings (SSSR count). The maximum atomic E-state index is 12.7. The van der Waals surface area contributed by atoms with Gasteiger partial charge in [0.15, 0.2) is 0 Å². The Labute approximate surface area is 181 Å². The van der Waals surface area contributed by atoms with E-state index >= 15 is 0 Å². The van der Waals surface area contributed by atoms with E-state index in [-0.39, 0.29) is 44.0 Å². The number of nitrogen functional groups attached to an aromatic ring is 1. The van der Waals surface area contributed by atoms with Gasteiger partial charge in [-0.25, -0.2) is 0 Å². The molecule has 2 aromatic carbocycles. The molecule has 0 bridgehead atoms. The van der Waals surface area contributed by atoms with E-state index in [0.29, 0.717) is 11.3 Å². The Bertz CT molecular complexity index is 958. The van der Waals surface area contributed by atoms with Crippen LogP contribution in [0.25, 0.3) is 11.1 Å². The maximum Gasteiger partial charge on any atom is 0.321 e. The van der Waals surface area contributed by atoms with Gasteiger partial charge < -0.3 is 25.2 Å². The van der Waals surface area contributed by atoms with Crippen molar-refractivity contribution >= 4 is 17.7 Å². The number of esters is 1. The Hall–Kier alpha value is -3.39. The molecule has 1 aliphatic rings. The molecule has 8 heteroatoms. The first-order chi connectivity index (χ1) is 14.8. The second-order valence-electron chi connectivity index (χ2n) is 7.73. The van der Waals surface area contributed by atoms with Gasteiger partial charge in [0, 0.05) is 12.1 Å². The first-order valence-corrected chi connectivity index (χ1v) is 9.98. The second kappa shape index (κ2) is 9.18. The third-order valence-electron chi connectivity index (χ3n) is 5.62. The van der Waals surface area contributed by atoms with Crippen molar-refractivity contribution < 1.29 is 24.2 Å². The molecular weight excluding hydrogens is 398 g/mol. The molecule has 8 nitrogen and oxygen atoms in total. The lowest BCUT2D eigenvalue weighted by molar-refractivity contribution is -0.157. The lowest BCUT2D eigenvalue weighted by atomic mass is 9.87. The van der Waals surface area contributed by atoms with Crippen molar-refractivity contribution in [3.63, 3.8) is 0 Å². The van der Waals surface area contributed by atoms with E-state index in [1.165, 1.54) is 12.0 Å². The molecule has 1 fully saturated rings. The normalized spacial score (nSPS) is 20.5. The zero-order chi connectivity index (χ0) is 22.6. The molecule has 164 valence electrons. The first-order valence-electron chi connectivity index (χ1n) is 9.98. The van der Waals surface area contributed by atoms with Crippen molar-refractivity contribution in [3.05, 3.63) is 54.1 Å². The highest BCUT2D eigenvalue weighted by Gasteiger charge is 2.54. The molecule has 0 spiro atoms. The highest BCUT2D eigenvalue weighted by molar-refractivity contribution is 6.04. The second-order valence-corrected chi connectivity index (χ2v) is 7.73. The van der Waals surface area contributed by atoms with Crippen molar-refractivity contribution in [2.45, 2.75) is 19.4 Å². The van der Waals surface area contributed by atoms with Crippen LogP contribution in [-0.2, 0) is 14.3 Å². The van der Waals surface area contributed by atoms with Crippen LogP contribution in [0.15, 0.2) is 48.5 Å². The molecule has 0 aliphatic carbocycles. The van der Waals surface area contributed by atoms with Gasteiger partial charge in [0.25, 0.3) is 0 Å². The Kier molecular flexibility index (Phi) is 6.60. The summed E-state index contributed by atoms with van der Waals surface area (Å²) in [5.74, 6) is -0.277. The molecule has 0 radical (unpaired) electrons. The SMILES string of the molecule is COC(=O)[C@@]1(C)C[C@@H](COc2ccc(-c3ccc(C(=N)N)cc3)cc2)N(CCO)C1=O. The third kappa shape index (κ3) is 4.54. The lowest BCUT2D eigenvalue weighted by Gasteiger charge is -2.24. The van der Waals surface area contributed by atoms with Gasteiger partial charge in [-0.3, -0.25) is 15.0 Å². The monoisotopic (exact) mass is 425 g/mol. The number of β-amino-alcohol motifs (C(OH)–C–C–N with tert-alkyl or cyclic N) is 1. The summed E-state index contributed by atoms with van der Waals surface area (Å²) in [6.07, 6.45) is 0.263. The summed E-state index contributed by atoms with van der Waals surface area (Å²) in [4.78, 5) is 26.4. The fraction of sp³-hybridized carbons (Fsp3) is 0.348. The molecular formula is C23H27N3O5. The van der Waals surface area contributed by atoms with E-state index < -0.39 is 11.4 Å². The van der Waals surface area contributed by atoms with Crippen molar-refractivity contribution in [2.75, 3.05) is 26.9 Å². The zero-order valence-electron chi connectivity index (χ0n) is 17.6. The van der Waals surface area contributed by atoms with E-state index in [1.807, 2.05) is 36.4 Å². The molecule has 2 aromatic rings. The number of nitrogens with zero attached hydrogens (tertiary/aromatic N) is 1. The van der Waals surface area contributed by atoms with Crippen molar-refractivity contribution in [1.82, 2.24) is 4.90 Å². The number of nitrogens with one attached hydrogen (secondary N) is 1. The van der Waals surface area contributed by atoms with Crippen LogP contribution in [-0.4, -0.2) is 60.6 Å². The number of carbonyl (C=O) groups is 2. The van der Waals surface area contributed by atoms with E-state index in [9.17, 15) is 14.7 Å². The summed E-state index contributed by atoms with van der Waals surface area (Å²) in [5.41, 5.74) is 6.86. The Morgan fingerprint density at radius 2 is 1.77 bits per heavy atom. The number of aliphatic hydroxyl groups is 1. The number of likely N-dealkylation sites (tertiary alicyclic amines) is 1. The minimum absolute atomic E-state index is 0.0271. The summed E-state index contributed by atoms with van der Waals surface area (Å²) >= 11 is 0. The number of hydrogen-bond donors (Lipinski definition) is 3. The molecule has 0 unspecified atom stereocenters. The van der Waals surface area contributed by atoms with Crippen LogP contribution < -0.4 is 10.5 Å². The van der Waals surface area contributed by atoms with Crippen LogP contribution in [0.5, 0.6) is 5.75 Å². The number of amidine groups is 1. The Morgan fingerprint density at radius 3 is 2.29 bits per heavy atom. The molecule has 2 atom stereocenters. The molecule has 1 heterocycles. The molecule has 0 saturated carbocycles. The van der Waals surface area contributed by atoms with Gasteiger partial charge in [-0.2, -0.15) is 0 Å². The summed E-state index contributed by atoms with van der Waals surface area (Å²) in [6, 6.07) is 14.6. The number of carbonyl (C=O) groups excluding carboxylic acids is 2. The number of rotatable bonds is 8. The predicted octanol–water partition coefficient (Wildman–Crippen LogP) is 1.79. The molecule has 31 heavy (non-hydrogen) atoms. The number of aliphatic hydroxyl groups excluding tert-OH is 1. The third-order valence-corrected chi connectivity index (χ3v) is 5.62. The van der Waals surface area contributed by atoms with Gasteiger partial charge in [-0.1, -0.05) is 36.4 Å². The number of amides is 1. The predicted molar refractivity (Wildman–Crippen MR) is 116 cm³/mol. The topological polar surface area (TPSA) is 126 Å². The number of hydrogen-bond acceptors (Lipinski definition) is 6. The van der Waals surface area contributed by atoms with Gasteiger partial charge in [0.1, 0.15) is 23.6 Å². The van der Waals surface area contributed by atoms with E-state index in [0.717, 1.165) is 11.1 Å². The quantitative estimate of drug-likeness (QED) is 0.256. The van der Waals surface area contributed by atoms with Gasteiger partial charge in [0.05, 0.1) is 19.8 Å². The molecule has 1 saturated heterocycles. The largest absolute Gasteiger partial charge is 0.491 e. The summed E-state index contributed by atoms with van der Waals surface area (Å²) < 4.78 is 10.7. The number of ether oxygens (including phenoxy) is 2. The maximum absolute atomic E-state index is 12.7. The summed E-state index contributed by atoms with van der Waals surface area (Å²) in [7, 11) is 1.26. The molecule has 0 aromatic heterocycles. The standard InChI is InChI=1S/C23H27N3O5/c1-23(22(29)30-2)13-18(26(11-12-27)21(23)28)14-31-19-9-7-16(8-10-19)15-3-5-17(6-4-15)20(24)25/h3-10,18,27H,11-14H2,1-2H3,(H3,24,25)/t18-,23-/m0/s1. The molecule has 4 N–H and O–H groups in total. The van der Waals surface area contributed by atoms with E-state index in [4.69, 9.17) is 20.6 Å². The zero-order valence-corrected chi connectivity index (χ0v) is 17.6. The highest BCUT2D eigenvalue weighted by atomic mass is 16.5. The van der Waals surface area contributed by atoms with E-state index in [2.05, 4.69) is 0 Å². The van der Waals surface area contributed by atoms with Gasteiger partial charge in [-0.15, -0.1) is 0 Å². The van der Waals surface area contributed by atoms with Crippen LogP contribution in [0, 0.1) is 10.8 Å². The van der Waals surface area contributed by atoms with E-state index in [1.54, 1.807) is 19.1 Å². The first kappa shape index (κ1) is 22.3. The summed E-state index contributed by atoms with van der Waals surface area (Å²) in [5, 5.41) is 16.8. The lowest BCUT2D eigenvalue weighted by Crippen LogP contribution is -2.42. The Morgan fingerprint density at radius 1 is 1.19 bits per heavy atom. The van der Waals surface area contributed by atoms with Gasteiger partial charge in [-0.05, 0) is 36.6 Å². The van der Waals surface area contributed by atoms with Crippen molar-refractivity contribution in [3.8, 4) is 16.9 Å². The summed E-state index contributed by atoms with van der Waals surface area (Å²) in [6.45, 7) is 1.70. The van der Waals surface area contributed by atoms with Gasteiger partial charge >= 0.3 is 5.97 Å². The highest BCUT2D eigenvalue weighted by Crippen LogP contribution is 2.37. The molecule has 1 amide bonds. The fourth-order valence-corrected chi connectivity index (χ4v) is 3.87. The van der Waals surface area contributed by atoms with Crippen LogP contribution in [0.4, 0.5) is 0 Å². The van der Waals surface area contributed by atoms with Crippen LogP contribution in [0.3, 0.4) is 0 Å². The van der Waals surface area contributed by atoms with Crippen LogP contribution >= 0.6 is 0 Å². The number of methoxy groups -OCH3 is 1. The fourth-order valence-electron chi connectivity index (χ4n) is 3.87. The van der Waals surface area contributed by atoms with Crippen LogP contribution in [0.1, 0.15) is 18.9 Å². The minimum atomic E-state index is -1.27. The van der Waals surface area contributed by atoms with Crippen molar-refractivity contribution in [1.29, 1.82) is 5.41 Å².